The molecule has 0 saturated carbocycles. The molecule has 1 aliphatic rings. The molecule has 1 aromatic carbocycles. The van der Waals surface area contributed by atoms with Crippen LogP contribution in [0.15, 0.2) is 23.3 Å². The first-order chi connectivity index (χ1) is 11.5. The predicted molar refractivity (Wildman–Crippen MR) is 101 cm³/mol. The maximum absolute atomic E-state index is 11.6. The quantitative estimate of drug-likeness (QED) is 0.607. The molecule has 1 fully saturated rings. The largest absolute Gasteiger partial charge is 0.450 e. The highest BCUT2D eigenvalue weighted by Gasteiger charge is 2.20. The van der Waals surface area contributed by atoms with Gasteiger partial charge < -0.3 is 15.0 Å². The molecule has 0 spiro atoms. The van der Waals surface area contributed by atoms with Crippen molar-refractivity contribution < 1.29 is 9.53 Å². The summed E-state index contributed by atoms with van der Waals surface area (Å²) in [6.07, 6.45) is 1.07. The number of nitrogens with one attached hydrogen (secondary N) is 2. The van der Waals surface area contributed by atoms with Crippen molar-refractivity contribution in [3.63, 3.8) is 0 Å². The first kappa shape index (κ1) is 18.8. The number of thiocarbonyl (C=S) groups is 1. The number of halogens is 2. The molecular weight excluding hydrogens is 371 g/mol. The van der Waals surface area contributed by atoms with Gasteiger partial charge in [-0.15, -0.1) is 0 Å². The number of likely N-dealkylation sites (tertiary alicyclic amines) is 1. The average Bonchev–Trinajstić information content (AvgIpc) is 2.56. The summed E-state index contributed by atoms with van der Waals surface area (Å²) < 4.78 is 4.98. The number of anilines is 1. The maximum Gasteiger partial charge on any atom is 0.409 e. The number of rotatable bonds is 3. The third-order valence-electron chi connectivity index (χ3n) is 3.36. The highest BCUT2D eigenvalue weighted by atomic mass is 35.5. The van der Waals surface area contributed by atoms with Crippen LogP contribution in [0.2, 0.25) is 10.0 Å². The molecule has 1 heterocycles. The van der Waals surface area contributed by atoms with Gasteiger partial charge in [-0.1, -0.05) is 23.2 Å². The molecule has 9 heteroatoms. The van der Waals surface area contributed by atoms with Gasteiger partial charge in [-0.2, -0.15) is 5.10 Å². The number of piperidine rings is 1. The fraction of sp³-hybridized carbons (Fsp3) is 0.400. The zero-order valence-electron chi connectivity index (χ0n) is 13.1. The molecule has 1 aromatic rings. The average molecular weight is 389 g/mol. The number of nitrogens with zero attached hydrogens (tertiary/aromatic N) is 2. The Kier molecular flexibility index (Phi) is 7.08. The van der Waals surface area contributed by atoms with Crippen molar-refractivity contribution in [1.82, 2.24) is 10.3 Å². The number of carbonyl (C=O) groups excluding carboxylic acids is 1. The summed E-state index contributed by atoms with van der Waals surface area (Å²) >= 11 is 17.1. The minimum absolute atomic E-state index is 0.279. The van der Waals surface area contributed by atoms with Crippen LogP contribution >= 0.6 is 35.4 Å². The van der Waals surface area contributed by atoms with E-state index in [1.807, 2.05) is 0 Å². The van der Waals surface area contributed by atoms with Crippen LogP contribution in [0.5, 0.6) is 0 Å². The number of hydrogen-bond acceptors (Lipinski definition) is 4. The summed E-state index contributed by atoms with van der Waals surface area (Å²) in [4.78, 5) is 13.3. The lowest BCUT2D eigenvalue weighted by atomic mass is 10.1. The van der Waals surface area contributed by atoms with E-state index in [-0.39, 0.29) is 6.09 Å². The summed E-state index contributed by atoms with van der Waals surface area (Å²) in [5, 5.41) is 8.60. The number of carbonyl (C=O) groups is 1. The topological polar surface area (TPSA) is 66.0 Å². The Morgan fingerprint density at radius 2 is 2.08 bits per heavy atom. The van der Waals surface area contributed by atoms with Crippen LogP contribution < -0.4 is 10.7 Å². The Balaban J connectivity index is 1.81. The predicted octanol–water partition coefficient (Wildman–Crippen LogP) is 3.89. The molecule has 2 N–H and O–H groups in total. The van der Waals surface area contributed by atoms with Crippen molar-refractivity contribution in [3.8, 4) is 0 Å². The molecule has 1 aliphatic heterocycles. The van der Waals surface area contributed by atoms with Gasteiger partial charge in [0.2, 0.25) is 0 Å². The van der Waals surface area contributed by atoms with Crippen molar-refractivity contribution in [3.05, 3.63) is 28.2 Å². The van der Waals surface area contributed by atoms with E-state index in [2.05, 4.69) is 15.8 Å². The van der Waals surface area contributed by atoms with Crippen molar-refractivity contribution >= 4 is 58.0 Å². The molecule has 0 bridgehead atoms. The van der Waals surface area contributed by atoms with E-state index in [4.69, 9.17) is 40.2 Å². The van der Waals surface area contributed by atoms with Crippen molar-refractivity contribution in [2.45, 2.75) is 19.8 Å². The van der Waals surface area contributed by atoms with E-state index < -0.39 is 0 Å². The summed E-state index contributed by atoms with van der Waals surface area (Å²) in [6.45, 7) is 3.34. The summed E-state index contributed by atoms with van der Waals surface area (Å²) in [5.74, 6) is 0. The number of hydrazone groups is 1. The van der Waals surface area contributed by atoms with Gasteiger partial charge in [0.05, 0.1) is 17.3 Å². The van der Waals surface area contributed by atoms with E-state index >= 15 is 0 Å². The maximum atomic E-state index is 11.6. The van der Waals surface area contributed by atoms with Crippen LogP contribution in [0.3, 0.4) is 0 Å². The number of benzene rings is 1. The molecule has 1 amide bonds. The lowest BCUT2D eigenvalue weighted by Gasteiger charge is -2.26. The highest BCUT2D eigenvalue weighted by molar-refractivity contribution is 7.80. The van der Waals surface area contributed by atoms with Crippen LogP contribution in [0.1, 0.15) is 19.8 Å². The molecule has 6 nitrogen and oxygen atoms in total. The Morgan fingerprint density at radius 1 is 1.38 bits per heavy atom. The molecule has 0 unspecified atom stereocenters. The van der Waals surface area contributed by atoms with Gasteiger partial charge in [-0.05, 0) is 37.3 Å². The van der Waals surface area contributed by atoms with Gasteiger partial charge in [-0.3, -0.25) is 5.43 Å². The Bertz CT molecular complexity index is 644. The van der Waals surface area contributed by atoms with E-state index in [0.717, 1.165) is 5.71 Å². The van der Waals surface area contributed by atoms with Gasteiger partial charge in [0.25, 0.3) is 0 Å². The fourth-order valence-electron chi connectivity index (χ4n) is 2.14. The summed E-state index contributed by atoms with van der Waals surface area (Å²) in [6, 6.07) is 5.09. The molecule has 130 valence electrons. The lowest BCUT2D eigenvalue weighted by molar-refractivity contribution is 0.107. The van der Waals surface area contributed by atoms with E-state index in [1.54, 1.807) is 30.0 Å². The second kappa shape index (κ2) is 9.05. The van der Waals surface area contributed by atoms with Crippen LogP contribution in [0.25, 0.3) is 0 Å². The van der Waals surface area contributed by atoms with Crippen molar-refractivity contribution in [2.24, 2.45) is 5.10 Å². The summed E-state index contributed by atoms with van der Waals surface area (Å²) in [5.41, 5.74) is 4.39. The van der Waals surface area contributed by atoms with Crippen LogP contribution in [0, 0.1) is 0 Å². The van der Waals surface area contributed by atoms with Gasteiger partial charge in [0, 0.05) is 36.7 Å². The molecular formula is C15H18Cl2N4O2S. The smallest absolute Gasteiger partial charge is 0.409 e. The number of amides is 1. The third-order valence-corrected chi connectivity index (χ3v) is 4.10. The third kappa shape index (κ3) is 5.51. The second-order valence-electron chi connectivity index (χ2n) is 5.05. The molecule has 0 aliphatic carbocycles. The van der Waals surface area contributed by atoms with Gasteiger partial charge in [0.1, 0.15) is 0 Å². The molecule has 0 atom stereocenters. The first-order valence-corrected chi connectivity index (χ1v) is 8.65. The number of hydrogen-bond donors (Lipinski definition) is 2. The van der Waals surface area contributed by atoms with Gasteiger partial charge in [-0.25, -0.2) is 4.79 Å². The van der Waals surface area contributed by atoms with Gasteiger partial charge in [0.15, 0.2) is 5.11 Å². The van der Waals surface area contributed by atoms with Crippen molar-refractivity contribution in [2.75, 3.05) is 25.0 Å². The molecule has 0 aromatic heterocycles. The standard InChI is InChI=1S/C15H18Cl2N4O2S/c1-2-23-15(22)21-7-5-11(6-8-21)19-20-14(24)18-13-4-3-10(16)9-12(13)17/h3-4,9H,2,5-8H2,1H3,(H2,18,20,24). The van der Waals surface area contributed by atoms with E-state index in [9.17, 15) is 4.79 Å². The SMILES string of the molecule is CCOC(=O)N1CCC(=NNC(=S)Nc2ccc(Cl)cc2Cl)CC1. The number of ether oxygens (including phenoxy) is 1. The lowest BCUT2D eigenvalue weighted by Crippen LogP contribution is -2.39. The molecule has 2 rings (SSSR count). The van der Waals surface area contributed by atoms with Crippen LogP contribution in [-0.2, 0) is 4.74 Å². The van der Waals surface area contributed by atoms with Crippen LogP contribution in [-0.4, -0.2) is 41.5 Å². The Hall–Kier alpha value is -1.57. The summed E-state index contributed by atoms with van der Waals surface area (Å²) in [7, 11) is 0. The fourth-order valence-corrected chi connectivity index (χ4v) is 2.76. The molecule has 0 radical (unpaired) electrons. The normalized spacial score (nSPS) is 14.1. The monoisotopic (exact) mass is 388 g/mol. The zero-order chi connectivity index (χ0) is 17.5. The minimum Gasteiger partial charge on any atom is -0.450 e. The van der Waals surface area contributed by atoms with E-state index in [0.29, 0.717) is 53.4 Å². The van der Waals surface area contributed by atoms with E-state index in [1.165, 1.54) is 0 Å². The highest BCUT2D eigenvalue weighted by Crippen LogP contribution is 2.25. The van der Waals surface area contributed by atoms with Crippen LogP contribution in [0.4, 0.5) is 10.5 Å². The second-order valence-corrected chi connectivity index (χ2v) is 6.31. The minimum atomic E-state index is -0.279. The Morgan fingerprint density at radius 3 is 2.71 bits per heavy atom. The zero-order valence-corrected chi connectivity index (χ0v) is 15.5. The first-order valence-electron chi connectivity index (χ1n) is 7.48. The van der Waals surface area contributed by atoms with Gasteiger partial charge >= 0.3 is 6.09 Å². The van der Waals surface area contributed by atoms with Crippen molar-refractivity contribution in [1.29, 1.82) is 0 Å². The molecule has 24 heavy (non-hydrogen) atoms. The Labute approximate surface area is 156 Å². The molecule has 1 saturated heterocycles.